The third kappa shape index (κ3) is 2.57. The highest BCUT2D eigenvalue weighted by Crippen LogP contribution is 2.20. The van der Waals surface area contributed by atoms with Crippen LogP contribution in [0.4, 0.5) is 5.69 Å². The maximum atomic E-state index is 4.10. The fourth-order valence-corrected chi connectivity index (χ4v) is 1.87. The minimum absolute atomic E-state index is 0.580. The molecule has 0 unspecified atom stereocenters. The first kappa shape index (κ1) is 11.1. The summed E-state index contributed by atoms with van der Waals surface area (Å²) in [7, 11) is 1.75. The van der Waals surface area contributed by atoms with Crippen molar-refractivity contribution >= 4 is 21.6 Å². The Morgan fingerprint density at radius 2 is 2.25 bits per heavy atom. The fraction of sp³-hybridized carbons (Fsp3) is 0.300. The predicted octanol–water partition coefficient (Wildman–Crippen LogP) is 1.89. The largest absolute Gasteiger partial charge is 0.377 e. The van der Waals surface area contributed by atoms with Gasteiger partial charge in [-0.15, -0.1) is 10.2 Å². The van der Waals surface area contributed by atoms with Crippen molar-refractivity contribution in [1.82, 2.24) is 20.2 Å². The maximum Gasteiger partial charge on any atom is 0.193 e. The highest BCUT2D eigenvalue weighted by molar-refractivity contribution is 9.10. The van der Waals surface area contributed by atoms with Crippen molar-refractivity contribution in [3.63, 3.8) is 0 Å². The van der Waals surface area contributed by atoms with Gasteiger partial charge < -0.3 is 5.32 Å². The van der Waals surface area contributed by atoms with Crippen LogP contribution in [-0.4, -0.2) is 20.2 Å². The summed E-state index contributed by atoms with van der Waals surface area (Å²) in [5.74, 6) is 0.685. The van der Waals surface area contributed by atoms with E-state index < -0.39 is 0 Å². The molecule has 2 aromatic rings. The molecule has 0 bridgehead atoms. The molecule has 0 aliphatic rings. The van der Waals surface area contributed by atoms with Crippen molar-refractivity contribution in [2.45, 2.75) is 13.5 Å². The minimum Gasteiger partial charge on any atom is -0.377 e. The van der Waals surface area contributed by atoms with Crippen LogP contribution in [0.25, 0.3) is 0 Å². The number of nitrogens with zero attached hydrogens (tertiary/aromatic N) is 4. The molecule has 0 atom stereocenters. The van der Waals surface area contributed by atoms with Crippen LogP contribution in [0.5, 0.6) is 0 Å². The molecule has 0 amide bonds. The molecule has 2 rings (SSSR count). The van der Waals surface area contributed by atoms with Crippen LogP contribution in [0.15, 0.2) is 22.7 Å². The van der Waals surface area contributed by atoms with Crippen molar-refractivity contribution in [2.75, 3.05) is 5.32 Å². The molecular formula is C10H12BrN5. The van der Waals surface area contributed by atoms with Gasteiger partial charge in [0, 0.05) is 10.2 Å². The molecular weight excluding hydrogens is 270 g/mol. The zero-order valence-electron chi connectivity index (χ0n) is 9.11. The molecule has 1 aromatic heterocycles. The van der Waals surface area contributed by atoms with Crippen molar-refractivity contribution in [3.05, 3.63) is 34.1 Å². The third-order valence-corrected chi connectivity index (χ3v) is 2.67. The predicted molar refractivity (Wildman–Crippen MR) is 65.0 cm³/mol. The number of hydrogen-bond donors (Lipinski definition) is 1. The number of tetrazole rings is 1. The molecule has 0 spiro atoms. The zero-order valence-corrected chi connectivity index (χ0v) is 10.7. The molecule has 1 aromatic carbocycles. The van der Waals surface area contributed by atoms with Crippen molar-refractivity contribution in [3.8, 4) is 0 Å². The second kappa shape index (κ2) is 4.61. The van der Waals surface area contributed by atoms with Gasteiger partial charge in [0.1, 0.15) is 0 Å². The Morgan fingerprint density at radius 1 is 1.44 bits per heavy atom. The first-order valence-electron chi connectivity index (χ1n) is 4.88. The van der Waals surface area contributed by atoms with Crippen molar-refractivity contribution in [2.24, 2.45) is 7.05 Å². The Bertz CT molecular complexity index is 494. The molecule has 0 aliphatic carbocycles. The topological polar surface area (TPSA) is 55.6 Å². The number of halogens is 1. The number of nitrogens with one attached hydrogen (secondary N) is 1. The Kier molecular flexibility index (Phi) is 3.19. The van der Waals surface area contributed by atoms with Gasteiger partial charge in [0.2, 0.25) is 0 Å². The third-order valence-electron chi connectivity index (χ3n) is 2.18. The van der Waals surface area contributed by atoms with Gasteiger partial charge in [-0.25, -0.2) is 0 Å². The summed E-state index contributed by atoms with van der Waals surface area (Å²) >= 11 is 3.43. The van der Waals surface area contributed by atoms with E-state index in [-0.39, 0.29) is 0 Å². The lowest BCUT2D eigenvalue weighted by Gasteiger charge is -2.07. The molecule has 0 radical (unpaired) electrons. The summed E-state index contributed by atoms with van der Waals surface area (Å²) in [5, 5.41) is 15.0. The van der Waals surface area contributed by atoms with E-state index in [9.17, 15) is 0 Å². The smallest absolute Gasteiger partial charge is 0.193 e. The zero-order chi connectivity index (χ0) is 11.5. The second-order valence-electron chi connectivity index (χ2n) is 3.51. The van der Waals surface area contributed by atoms with Crippen molar-refractivity contribution < 1.29 is 0 Å². The molecule has 0 fully saturated rings. The molecule has 16 heavy (non-hydrogen) atoms. The quantitative estimate of drug-likeness (QED) is 0.934. The Hall–Kier alpha value is -1.43. The van der Waals surface area contributed by atoms with E-state index >= 15 is 0 Å². The average Bonchev–Trinajstić information content (AvgIpc) is 2.63. The molecule has 1 heterocycles. The summed E-state index contributed by atoms with van der Waals surface area (Å²) in [5.41, 5.74) is 2.26. The van der Waals surface area contributed by atoms with E-state index in [0.717, 1.165) is 10.2 Å². The molecule has 5 nitrogen and oxygen atoms in total. The van der Waals surface area contributed by atoms with Crippen LogP contribution in [0.1, 0.15) is 11.4 Å². The number of hydrogen-bond acceptors (Lipinski definition) is 4. The van der Waals surface area contributed by atoms with E-state index in [1.807, 2.05) is 12.1 Å². The maximum absolute atomic E-state index is 4.10. The molecule has 1 N–H and O–H groups in total. The first-order valence-corrected chi connectivity index (χ1v) is 5.67. The highest BCUT2D eigenvalue weighted by Gasteiger charge is 2.02. The summed E-state index contributed by atoms with van der Waals surface area (Å²) in [6.07, 6.45) is 0. The minimum atomic E-state index is 0.580. The van der Waals surface area contributed by atoms with Gasteiger partial charge in [0.05, 0.1) is 13.6 Å². The van der Waals surface area contributed by atoms with Crippen LogP contribution < -0.4 is 5.32 Å². The molecule has 0 aliphatic heterocycles. The number of rotatable bonds is 3. The monoisotopic (exact) mass is 281 g/mol. The van der Waals surface area contributed by atoms with Gasteiger partial charge in [-0.3, -0.25) is 0 Å². The number of benzene rings is 1. The summed E-state index contributed by atoms with van der Waals surface area (Å²) < 4.78 is 1.08. The van der Waals surface area contributed by atoms with E-state index in [1.54, 1.807) is 7.05 Å². The van der Waals surface area contributed by atoms with Crippen molar-refractivity contribution in [1.29, 1.82) is 0 Å². The molecule has 0 saturated heterocycles. The Morgan fingerprint density at radius 3 is 2.88 bits per heavy atom. The van der Waals surface area contributed by atoms with Crippen LogP contribution in [0.2, 0.25) is 0 Å². The normalized spacial score (nSPS) is 10.4. The summed E-state index contributed by atoms with van der Waals surface area (Å²) in [6, 6.07) is 6.08. The second-order valence-corrected chi connectivity index (χ2v) is 4.42. The number of anilines is 1. The lowest BCUT2D eigenvalue weighted by Crippen LogP contribution is -2.03. The lowest BCUT2D eigenvalue weighted by molar-refractivity contribution is 0.628. The van der Waals surface area contributed by atoms with Crippen LogP contribution in [0.3, 0.4) is 0 Å². The first-order chi connectivity index (χ1) is 7.65. The number of aromatic nitrogens is 4. The van der Waals surface area contributed by atoms with E-state index in [1.165, 1.54) is 10.4 Å². The molecule has 84 valence electrons. The van der Waals surface area contributed by atoms with Gasteiger partial charge in [-0.1, -0.05) is 15.9 Å². The highest BCUT2D eigenvalue weighted by atomic mass is 79.9. The van der Waals surface area contributed by atoms with Crippen LogP contribution >= 0.6 is 15.9 Å². The van der Waals surface area contributed by atoms with E-state index in [2.05, 4.69) is 49.6 Å². The molecule has 0 saturated carbocycles. The van der Waals surface area contributed by atoms with Gasteiger partial charge in [0.15, 0.2) is 5.82 Å². The fourth-order valence-electron chi connectivity index (χ4n) is 1.39. The molecule has 6 heteroatoms. The van der Waals surface area contributed by atoms with Gasteiger partial charge in [-0.05, 0) is 35.9 Å². The summed E-state index contributed by atoms with van der Waals surface area (Å²) in [4.78, 5) is 1.45. The van der Waals surface area contributed by atoms with Gasteiger partial charge in [-0.2, -0.15) is 4.80 Å². The van der Waals surface area contributed by atoms with Gasteiger partial charge >= 0.3 is 0 Å². The summed E-state index contributed by atoms with van der Waals surface area (Å²) in [6.45, 7) is 2.63. The van der Waals surface area contributed by atoms with E-state index in [4.69, 9.17) is 0 Å². The van der Waals surface area contributed by atoms with Gasteiger partial charge in [0.25, 0.3) is 0 Å². The van der Waals surface area contributed by atoms with E-state index in [0.29, 0.717) is 12.4 Å². The Balaban J connectivity index is 2.04. The SMILES string of the molecule is Cc1cc(Br)ccc1NCc1nnn(C)n1. The standard InChI is InChI=1S/C10H12BrN5/c1-7-5-8(11)3-4-9(7)12-6-10-13-15-16(2)14-10/h3-5,12H,6H2,1-2H3. The number of aryl methyl sites for hydroxylation is 2. The van der Waals surface area contributed by atoms with Crippen LogP contribution in [-0.2, 0) is 13.6 Å². The Labute approximate surface area is 102 Å². The lowest BCUT2D eigenvalue weighted by atomic mass is 10.2. The van der Waals surface area contributed by atoms with Crippen LogP contribution in [0, 0.1) is 6.92 Å². The average molecular weight is 282 g/mol.